The average molecular weight is 477 g/mol. The van der Waals surface area contributed by atoms with Crippen LogP contribution in [0.5, 0.6) is 17.2 Å². The van der Waals surface area contributed by atoms with Crippen molar-refractivity contribution in [1.29, 1.82) is 0 Å². The van der Waals surface area contributed by atoms with E-state index in [-0.39, 0.29) is 11.9 Å². The van der Waals surface area contributed by atoms with Crippen LogP contribution in [0.4, 0.5) is 0 Å². The summed E-state index contributed by atoms with van der Waals surface area (Å²) >= 11 is 5.95. The highest BCUT2D eigenvalue weighted by molar-refractivity contribution is 6.30. The first-order valence-corrected chi connectivity index (χ1v) is 11.6. The van der Waals surface area contributed by atoms with Crippen molar-refractivity contribution in [2.75, 3.05) is 46.6 Å². The van der Waals surface area contributed by atoms with Crippen molar-refractivity contribution in [1.82, 2.24) is 10.2 Å². The Morgan fingerprint density at radius 1 is 1.15 bits per heavy atom. The Bertz CT molecular complexity index is 914. The second kappa shape index (κ2) is 11.6. The summed E-state index contributed by atoms with van der Waals surface area (Å²) in [7, 11) is 1.63. The zero-order chi connectivity index (χ0) is 23.8. The van der Waals surface area contributed by atoms with Gasteiger partial charge in [0.2, 0.25) is 0 Å². The number of benzene rings is 2. The van der Waals surface area contributed by atoms with Crippen molar-refractivity contribution in [2.24, 2.45) is 0 Å². The van der Waals surface area contributed by atoms with Gasteiger partial charge in [-0.05, 0) is 62.7 Å². The molecule has 3 rings (SSSR count). The van der Waals surface area contributed by atoms with Crippen LogP contribution in [-0.2, 0) is 9.53 Å². The fourth-order valence-corrected chi connectivity index (χ4v) is 3.88. The van der Waals surface area contributed by atoms with Crippen molar-refractivity contribution in [3.63, 3.8) is 0 Å². The summed E-state index contributed by atoms with van der Waals surface area (Å²) in [5, 5.41) is 3.70. The van der Waals surface area contributed by atoms with Gasteiger partial charge in [-0.15, -0.1) is 0 Å². The fourth-order valence-electron chi connectivity index (χ4n) is 3.76. The van der Waals surface area contributed by atoms with E-state index in [9.17, 15) is 4.79 Å². The van der Waals surface area contributed by atoms with Crippen molar-refractivity contribution >= 4 is 17.5 Å². The van der Waals surface area contributed by atoms with Crippen molar-refractivity contribution in [3.05, 3.63) is 53.1 Å². The second-order valence-corrected chi connectivity index (χ2v) is 8.72. The Morgan fingerprint density at radius 3 is 2.48 bits per heavy atom. The first-order valence-electron chi connectivity index (χ1n) is 11.2. The molecule has 0 aliphatic carbocycles. The predicted molar refractivity (Wildman–Crippen MR) is 128 cm³/mol. The lowest BCUT2D eigenvalue weighted by Gasteiger charge is -2.36. The maximum absolute atomic E-state index is 13.1. The topological polar surface area (TPSA) is 69.3 Å². The number of hydrogen-bond acceptors (Lipinski definition) is 6. The summed E-state index contributed by atoms with van der Waals surface area (Å²) in [6.45, 7) is 9.29. The number of halogens is 1. The Labute approximate surface area is 200 Å². The largest absolute Gasteiger partial charge is 0.493 e. The Hall–Kier alpha value is -2.48. The van der Waals surface area contributed by atoms with E-state index >= 15 is 0 Å². The third-order valence-corrected chi connectivity index (χ3v) is 5.80. The van der Waals surface area contributed by atoms with Crippen LogP contribution >= 0.6 is 11.6 Å². The fraction of sp³-hybridized carbons (Fsp3) is 0.480. The molecule has 1 atom stereocenters. The quantitative estimate of drug-likeness (QED) is 0.557. The summed E-state index contributed by atoms with van der Waals surface area (Å²) in [6, 6.07) is 12.8. The number of morpholine rings is 1. The molecule has 2 aromatic rings. The van der Waals surface area contributed by atoms with Gasteiger partial charge >= 0.3 is 0 Å². The van der Waals surface area contributed by atoms with Gasteiger partial charge in [0.25, 0.3) is 5.91 Å². The average Bonchev–Trinajstić information content (AvgIpc) is 2.82. The lowest BCUT2D eigenvalue weighted by molar-refractivity contribution is -0.134. The zero-order valence-corrected chi connectivity index (χ0v) is 20.5. The molecule has 0 spiro atoms. The van der Waals surface area contributed by atoms with Gasteiger partial charge in [-0.3, -0.25) is 9.69 Å². The molecule has 2 aromatic carbocycles. The molecule has 1 fully saturated rings. The van der Waals surface area contributed by atoms with E-state index in [1.54, 1.807) is 45.2 Å². The van der Waals surface area contributed by atoms with Gasteiger partial charge in [0.15, 0.2) is 17.1 Å². The molecule has 33 heavy (non-hydrogen) atoms. The van der Waals surface area contributed by atoms with Crippen LogP contribution in [0.3, 0.4) is 0 Å². The summed E-state index contributed by atoms with van der Waals surface area (Å²) in [5.74, 6) is 1.76. The summed E-state index contributed by atoms with van der Waals surface area (Å²) in [5.41, 5.74) is -0.0196. The predicted octanol–water partition coefficient (Wildman–Crippen LogP) is 4.09. The highest BCUT2D eigenvalue weighted by atomic mass is 35.5. The first-order chi connectivity index (χ1) is 15.8. The third kappa shape index (κ3) is 6.76. The number of nitrogens with zero attached hydrogens (tertiary/aromatic N) is 1. The van der Waals surface area contributed by atoms with Crippen LogP contribution in [0.2, 0.25) is 5.02 Å². The smallest absolute Gasteiger partial charge is 0.263 e. The van der Waals surface area contributed by atoms with Crippen LogP contribution in [0.25, 0.3) is 0 Å². The van der Waals surface area contributed by atoms with E-state index in [0.29, 0.717) is 48.6 Å². The number of carbonyl (C=O) groups is 1. The number of carbonyl (C=O) groups excluding carboxylic acids is 1. The second-order valence-electron chi connectivity index (χ2n) is 8.28. The number of hydrogen-bond donors (Lipinski definition) is 1. The van der Waals surface area contributed by atoms with Crippen molar-refractivity contribution < 1.29 is 23.7 Å². The van der Waals surface area contributed by atoms with E-state index in [1.165, 1.54) is 0 Å². The molecule has 1 heterocycles. The van der Waals surface area contributed by atoms with Gasteiger partial charge in [0, 0.05) is 24.7 Å². The number of methoxy groups -OCH3 is 1. The molecule has 7 nitrogen and oxygen atoms in total. The maximum Gasteiger partial charge on any atom is 0.263 e. The summed E-state index contributed by atoms with van der Waals surface area (Å²) < 4.78 is 22.7. The van der Waals surface area contributed by atoms with E-state index in [4.69, 9.17) is 30.5 Å². The molecule has 1 amide bonds. The standard InChI is InChI=1S/C25H33ClN2O5/c1-5-32-22-11-6-18(16-23(22)30-4)21(28-12-14-31-15-13-28)17-27-24(29)25(2,3)33-20-9-7-19(26)8-10-20/h6-11,16,21H,5,12-15,17H2,1-4H3,(H,27,29). The molecule has 0 aromatic heterocycles. The van der Waals surface area contributed by atoms with Gasteiger partial charge in [-0.25, -0.2) is 0 Å². The van der Waals surface area contributed by atoms with E-state index in [2.05, 4.69) is 10.2 Å². The molecule has 0 bridgehead atoms. The normalized spacial score (nSPS) is 15.5. The number of nitrogens with one attached hydrogen (secondary N) is 1. The molecule has 1 aliphatic rings. The minimum atomic E-state index is -1.06. The molecule has 0 radical (unpaired) electrons. The molecule has 1 N–H and O–H groups in total. The molecule has 180 valence electrons. The SMILES string of the molecule is CCOc1ccc(C(CNC(=O)C(C)(C)Oc2ccc(Cl)cc2)N2CCOCC2)cc1OC. The van der Waals surface area contributed by atoms with Gasteiger partial charge in [0.1, 0.15) is 5.75 Å². The Balaban J connectivity index is 1.75. The van der Waals surface area contributed by atoms with Crippen LogP contribution < -0.4 is 19.5 Å². The maximum atomic E-state index is 13.1. The van der Waals surface area contributed by atoms with E-state index in [0.717, 1.165) is 18.7 Å². The molecule has 0 saturated carbocycles. The molecule has 1 unspecified atom stereocenters. The summed E-state index contributed by atoms with van der Waals surface area (Å²) in [4.78, 5) is 15.4. The molecule has 8 heteroatoms. The highest BCUT2D eigenvalue weighted by Crippen LogP contribution is 2.32. The van der Waals surface area contributed by atoms with Crippen LogP contribution in [0, 0.1) is 0 Å². The Morgan fingerprint density at radius 2 is 1.85 bits per heavy atom. The number of ether oxygens (including phenoxy) is 4. The molecule has 1 saturated heterocycles. The van der Waals surface area contributed by atoms with Crippen molar-refractivity contribution in [2.45, 2.75) is 32.4 Å². The molecular formula is C25H33ClN2O5. The van der Waals surface area contributed by atoms with Gasteiger partial charge in [-0.1, -0.05) is 17.7 Å². The first kappa shape index (κ1) is 25.1. The lowest BCUT2D eigenvalue weighted by Crippen LogP contribution is -2.50. The summed E-state index contributed by atoms with van der Waals surface area (Å²) in [6.07, 6.45) is 0. The van der Waals surface area contributed by atoms with E-state index < -0.39 is 5.60 Å². The van der Waals surface area contributed by atoms with Gasteiger partial charge < -0.3 is 24.3 Å². The van der Waals surface area contributed by atoms with Crippen molar-refractivity contribution in [3.8, 4) is 17.2 Å². The molecule has 1 aliphatic heterocycles. The van der Waals surface area contributed by atoms with E-state index in [1.807, 2.05) is 25.1 Å². The minimum Gasteiger partial charge on any atom is -0.493 e. The highest BCUT2D eigenvalue weighted by Gasteiger charge is 2.32. The monoisotopic (exact) mass is 476 g/mol. The number of amides is 1. The number of rotatable bonds is 10. The molecular weight excluding hydrogens is 444 g/mol. The third-order valence-electron chi connectivity index (χ3n) is 5.55. The van der Waals surface area contributed by atoms with Crippen LogP contribution in [0.1, 0.15) is 32.4 Å². The van der Waals surface area contributed by atoms with Crippen LogP contribution in [-0.4, -0.2) is 63.0 Å². The van der Waals surface area contributed by atoms with Gasteiger partial charge in [0.05, 0.1) is 33.0 Å². The Kier molecular flexibility index (Phi) is 8.83. The lowest BCUT2D eigenvalue weighted by atomic mass is 10.0. The van der Waals surface area contributed by atoms with Crippen LogP contribution in [0.15, 0.2) is 42.5 Å². The minimum absolute atomic E-state index is 0.0474. The zero-order valence-electron chi connectivity index (χ0n) is 19.7. The van der Waals surface area contributed by atoms with Gasteiger partial charge in [-0.2, -0.15) is 0 Å².